The molecule has 0 aromatic heterocycles. The van der Waals surface area contributed by atoms with Crippen molar-refractivity contribution in [2.24, 2.45) is 5.92 Å². The van der Waals surface area contributed by atoms with Gasteiger partial charge in [0.05, 0.1) is 11.0 Å². The lowest BCUT2D eigenvalue weighted by Crippen LogP contribution is -2.34. The average molecular weight is 425 g/mol. The van der Waals surface area contributed by atoms with Crippen LogP contribution in [0.2, 0.25) is 0 Å². The Kier molecular flexibility index (Phi) is 6.89. The molecule has 8 nitrogen and oxygen atoms in total. The van der Waals surface area contributed by atoms with Gasteiger partial charge in [0.2, 0.25) is 5.91 Å². The maximum absolute atomic E-state index is 12.8. The Morgan fingerprint density at radius 2 is 2.00 bits per heavy atom. The monoisotopic (exact) mass is 424 g/mol. The Morgan fingerprint density at radius 3 is 2.68 bits per heavy atom. The SMILES string of the molecule is CC(=O)Nc1cccc(C(C)NC(=O)c2ccc(N3CCCC(C)C3)c([N+](=O)[O-])c2)c1. The third-order valence-electron chi connectivity index (χ3n) is 5.49. The summed E-state index contributed by atoms with van der Waals surface area (Å²) in [5.74, 6) is -0.0890. The molecule has 8 heteroatoms. The fourth-order valence-electron chi connectivity index (χ4n) is 3.94. The van der Waals surface area contributed by atoms with Gasteiger partial charge in [-0.3, -0.25) is 19.7 Å². The van der Waals surface area contributed by atoms with E-state index < -0.39 is 4.92 Å². The highest BCUT2D eigenvalue weighted by Gasteiger charge is 2.25. The molecule has 1 fully saturated rings. The van der Waals surface area contributed by atoms with Crippen LogP contribution in [-0.2, 0) is 4.79 Å². The number of nitro groups is 1. The predicted molar refractivity (Wildman–Crippen MR) is 120 cm³/mol. The number of carbonyl (C=O) groups is 2. The van der Waals surface area contributed by atoms with E-state index in [1.165, 1.54) is 13.0 Å². The minimum Gasteiger partial charge on any atom is -0.366 e. The van der Waals surface area contributed by atoms with Crippen LogP contribution >= 0.6 is 0 Å². The van der Waals surface area contributed by atoms with Crippen molar-refractivity contribution in [3.8, 4) is 0 Å². The third-order valence-corrected chi connectivity index (χ3v) is 5.49. The molecule has 2 N–H and O–H groups in total. The first-order chi connectivity index (χ1) is 14.7. The molecule has 0 bridgehead atoms. The van der Waals surface area contributed by atoms with Crippen LogP contribution in [0.4, 0.5) is 17.1 Å². The van der Waals surface area contributed by atoms with Gasteiger partial charge in [0.25, 0.3) is 11.6 Å². The van der Waals surface area contributed by atoms with Gasteiger partial charge in [-0.05, 0) is 55.5 Å². The number of amides is 2. The molecule has 1 aliphatic heterocycles. The highest BCUT2D eigenvalue weighted by atomic mass is 16.6. The van der Waals surface area contributed by atoms with Crippen molar-refractivity contribution in [3.63, 3.8) is 0 Å². The lowest BCUT2D eigenvalue weighted by molar-refractivity contribution is -0.384. The molecule has 0 spiro atoms. The van der Waals surface area contributed by atoms with E-state index in [-0.39, 0.29) is 29.1 Å². The zero-order valence-electron chi connectivity index (χ0n) is 18.1. The van der Waals surface area contributed by atoms with E-state index >= 15 is 0 Å². The normalized spacial score (nSPS) is 17.0. The lowest BCUT2D eigenvalue weighted by atomic mass is 9.99. The standard InChI is InChI=1S/C23H28N4O4/c1-15-6-5-11-26(14-15)21-10-9-19(13-22(21)27(30)31)23(29)24-16(2)18-7-4-8-20(12-18)25-17(3)28/h4,7-10,12-13,15-16H,5-6,11,14H2,1-3H3,(H,24,29)(H,25,28). The Balaban J connectivity index is 1.78. The Hall–Kier alpha value is -3.42. The largest absolute Gasteiger partial charge is 0.366 e. The first-order valence-electron chi connectivity index (χ1n) is 10.5. The fourth-order valence-corrected chi connectivity index (χ4v) is 3.94. The Labute approximate surface area is 181 Å². The Bertz CT molecular complexity index is 991. The minimum atomic E-state index is -0.425. The number of carbonyl (C=O) groups excluding carboxylic acids is 2. The van der Waals surface area contributed by atoms with Crippen molar-refractivity contribution < 1.29 is 14.5 Å². The summed E-state index contributed by atoms with van der Waals surface area (Å²) >= 11 is 0. The molecule has 1 saturated heterocycles. The van der Waals surface area contributed by atoms with E-state index in [1.807, 2.05) is 17.9 Å². The van der Waals surface area contributed by atoms with Crippen molar-refractivity contribution in [1.82, 2.24) is 5.32 Å². The number of nitrogens with zero attached hydrogens (tertiary/aromatic N) is 2. The first-order valence-corrected chi connectivity index (χ1v) is 10.5. The summed E-state index contributed by atoms with van der Waals surface area (Å²) in [4.78, 5) is 37.4. The van der Waals surface area contributed by atoms with E-state index in [9.17, 15) is 19.7 Å². The number of nitro benzene ring substituents is 1. The quantitative estimate of drug-likeness (QED) is 0.532. The summed E-state index contributed by atoms with van der Waals surface area (Å²) in [6.45, 7) is 6.94. The molecule has 0 aliphatic carbocycles. The molecule has 0 radical (unpaired) electrons. The van der Waals surface area contributed by atoms with Crippen molar-refractivity contribution in [3.05, 3.63) is 63.7 Å². The second kappa shape index (κ2) is 9.59. The smallest absolute Gasteiger partial charge is 0.293 e. The first kappa shape index (κ1) is 22.3. The zero-order valence-corrected chi connectivity index (χ0v) is 18.1. The highest BCUT2D eigenvalue weighted by molar-refractivity contribution is 5.96. The van der Waals surface area contributed by atoms with Gasteiger partial charge in [0.15, 0.2) is 0 Å². The molecule has 2 aromatic rings. The molecule has 0 saturated carbocycles. The van der Waals surface area contributed by atoms with Crippen LogP contribution in [0.1, 0.15) is 55.6 Å². The van der Waals surface area contributed by atoms with E-state index in [0.717, 1.165) is 31.5 Å². The topological polar surface area (TPSA) is 105 Å². The van der Waals surface area contributed by atoms with Crippen molar-refractivity contribution in [2.45, 2.75) is 39.7 Å². The Morgan fingerprint density at radius 1 is 1.23 bits per heavy atom. The number of hydrogen-bond donors (Lipinski definition) is 2. The molecule has 2 unspecified atom stereocenters. The fraction of sp³-hybridized carbons (Fsp3) is 0.391. The molecule has 1 heterocycles. The van der Waals surface area contributed by atoms with Crippen LogP contribution < -0.4 is 15.5 Å². The van der Waals surface area contributed by atoms with Gasteiger partial charge in [0, 0.05) is 37.3 Å². The number of nitrogens with one attached hydrogen (secondary N) is 2. The molecular formula is C23H28N4O4. The van der Waals surface area contributed by atoms with Gasteiger partial charge in [0.1, 0.15) is 5.69 Å². The second-order valence-corrected chi connectivity index (χ2v) is 8.16. The molecule has 2 aromatic carbocycles. The molecule has 2 amide bonds. The number of anilines is 2. The van der Waals surface area contributed by atoms with Gasteiger partial charge >= 0.3 is 0 Å². The maximum Gasteiger partial charge on any atom is 0.293 e. The second-order valence-electron chi connectivity index (χ2n) is 8.16. The van der Waals surface area contributed by atoms with Crippen LogP contribution in [0.15, 0.2) is 42.5 Å². The average Bonchev–Trinajstić information content (AvgIpc) is 2.73. The zero-order chi connectivity index (χ0) is 22.5. The van der Waals surface area contributed by atoms with E-state index in [1.54, 1.807) is 30.3 Å². The number of hydrogen-bond acceptors (Lipinski definition) is 5. The van der Waals surface area contributed by atoms with Gasteiger partial charge in [-0.15, -0.1) is 0 Å². The van der Waals surface area contributed by atoms with E-state index in [2.05, 4.69) is 17.6 Å². The molecule has 31 heavy (non-hydrogen) atoms. The van der Waals surface area contributed by atoms with Crippen molar-refractivity contribution in [2.75, 3.05) is 23.3 Å². The van der Waals surface area contributed by atoms with Crippen molar-refractivity contribution in [1.29, 1.82) is 0 Å². The van der Waals surface area contributed by atoms with Gasteiger partial charge in [-0.25, -0.2) is 0 Å². The number of rotatable bonds is 6. The number of benzene rings is 2. The minimum absolute atomic E-state index is 0.0536. The molecule has 164 valence electrons. The van der Waals surface area contributed by atoms with Crippen LogP contribution in [0.5, 0.6) is 0 Å². The van der Waals surface area contributed by atoms with Crippen LogP contribution in [0, 0.1) is 16.0 Å². The summed E-state index contributed by atoms with van der Waals surface area (Å²) in [5.41, 5.74) is 2.20. The summed E-state index contributed by atoms with van der Waals surface area (Å²) < 4.78 is 0. The van der Waals surface area contributed by atoms with Crippen molar-refractivity contribution >= 4 is 28.9 Å². The molecule has 3 rings (SSSR count). The number of piperidine rings is 1. The summed E-state index contributed by atoms with van der Waals surface area (Å²) in [6.07, 6.45) is 2.11. The summed E-state index contributed by atoms with van der Waals surface area (Å²) in [5, 5.41) is 17.3. The molecule has 1 aliphatic rings. The van der Waals surface area contributed by atoms with E-state index in [0.29, 0.717) is 17.3 Å². The lowest BCUT2D eigenvalue weighted by Gasteiger charge is -2.32. The summed E-state index contributed by atoms with van der Waals surface area (Å²) in [7, 11) is 0. The maximum atomic E-state index is 12.8. The molecular weight excluding hydrogens is 396 g/mol. The predicted octanol–water partition coefficient (Wildman–Crippen LogP) is 4.28. The van der Waals surface area contributed by atoms with Gasteiger partial charge in [-0.1, -0.05) is 19.1 Å². The third kappa shape index (κ3) is 5.59. The van der Waals surface area contributed by atoms with Crippen LogP contribution in [0.25, 0.3) is 0 Å². The van der Waals surface area contributed by atoms with Crippen LogP contribution in [-0.4, -0.2) is 29.8 Å². The summed E-state index contributed by atoms with van der Waals surface area (Å²) in [6, 6.07) is 11.5. The van der Waals surface area contributed by atoms with E-state index in [4.69, 9.17) is 0 Å². The highest BCUT2D eigenvalue weighted by Crippen LogP contribution is 2.32. The van der Waals surface area contributed by atoms with Crippen LogP contribution in [0.3, 0.4) is 0 Å². The molecule has 2 atom stereocenters. The van der Waals surface area contributed by atoms with Gasteiger partial charge < -0.3 is 15.5 Å². The van der Waals surface area contributed by atoms with Gasteiger partial charge in [-0.2, -0.15) is 0 Å².